The average molecular weight is 604 g/mol. The Balaban J connectivity index is 0.00000368. The number of morpholine rings is 1. The molecule has 0 atom stereocenters. The summed E-state index contributed by atoms with van der Waals surface area (Å²) in [6, 6.07) is 18.5. The summed E-state index contributed by atoms with van der Waals surface area (Å²) in [5.41, 5.74) is 4.40. The third kappa shape index (κ3) is 6.12. The maximum Gasteiger partial charge on any atom is 0.253 e. The Bertz CT molecular complexity index is 1730. The minimum atomic E-state index is -3.79. The van der Waals surface area contributed by atoms with Crippen molar-refractivity contribution < 1.29 is 22.7 Å². The van der Waals surface area contributed by atoms with Gasteiger partial charge in [-0.05, 0) is 54.6 Å². The van der Waals surface area contributed by atoms with E-state index < -0.39 is 10.0 Å². The Morgan fingerprint density at radius 2 is 1.58 bits per heavy atom. The summed E-state index contributed by atoms with van der Waals surface area (Å²) in [7, 11) is -0.259. The molecule has 0 saturated carbocycles. The Kier molecular flexibility index (Phi) is 9.07. The zero-order valence-corrected chi connectivity index (χ0v) is 24.5. The van der Waals surface area contributed by atoms with Gasteiger partial charge in [0.2, 0.25) is 10.0 Å². The number of carbonyl (C=O) groups excluding carboxylic acids is 1. The number of piperazine rings is 1. The second-order valence-electron chi connectivity index (χ2n) is 10.5. The van der Waals surface area contributed by atoms with Gasteiger partial charge in [0.05, 0.1) is 31.5 Å². The Morgan fingerprint density at radius 1 is 0.860 bits per heavy atom. The van der Waals surface area contributed by atoms with Crippen LogP contribution < -0.4 is 4.74 Å². The SMILES string of the molecule is C.COc1ccc(-c2ccc3ncnc(-c4cccc(C(=O)N5CCN(C)CC5)c4)c3c2)cc1S(=O)(=O)N1CCOCC1. The lowest BCUT2D eigenvalue weighted by atomic mass is 9.99. The molecule has 2 fully saturated rings. The number of carbonyl (C=O) groups is 1. The van der Waals surface area contributed by atoms with Gasteiger partial charge >= 0.3 is 0 Å². The number of methoxy groups -OCH3 is 1. The second kappa shape index (κ2) is 12.8. The number of fused-ring (bicyclic) bond motifs is 1. The van der Waals surface area contributed by atoms with Crippen LogP contribution in [0.25, 0.3) is 33.3 Å². The maximum absolute atomic E-state index is 13.6. The number of benzene rings is 3. The highest BCUT2D eigenvalue weighted by atomic mass is 32.2. The van der Waals surface area contributed by atoms with E-state index >= 15 is 0 Å². The normalized spacial score (nSPS) is 16.6. The summed E-state index contributed by atoms with van der Waals surface area (Å²) < 4.78 is 39.3. The van der Waals surface area contributed by atoms with Crippen molar-refractivity contribution in [3.05, 3.63) is 72.6 Å². The summed E-state index contributed by atoms with van der Waals surface area (Å²) in [5.74, 6) is 0.299. The van der Waals surface area contributed by atoms with Crippen LogP contribution in [0.15, 0.2) is 71.9 Å². The van der Waals surface area contributed by atoms with Crippen molar-refractivity contribution in [3.63, 3.8) is 0 Å². The molecular formula is C32H37N5O5S. The molecule has 2 aliphatic rings. The lowest BCUT2D eigenvalue weighted by Crippen LogP contribution is -2.47. The highest BCUT2D eigenvalue weighted by Crippen LogP contribution is 2.35. The molecule has 0 radical (unpaired) electrons. The predicted molar refractivity (Wildman–Crippen MR) is 167 cm³/mol. The number of ether oxygens (including phenoxy) is 2. The molecule has 0 N–H and O–H groups in total. The van der Waals surface area contributed by atoms with Crippen LogP contribution in [0.4, 0.5) is 0 Å². The molecule has 0 bridgehead atoms. The van der Waals surface area contributed by atoms with Crippen LogP contribution in [0.2, 0.25) is 0 Å². The van der Waals surface area contributed by atoms with Crippen LogP contribution in [-0.4, -0.2) is 105 Å². The minimum Gasteiger partial charge on any atom is -0.495 e. The molecule has 3 heterocycles. The smallest absolute Gasteiger partial charge is 0.253 e. The summed E-state index contributed by atoms with van der Waals surface area (Å²) in [6.07, 6.45) is 1.52. The number of nitrogens with zero attached hydrogens (tertiary/aromatic N) is 5. The van der Waals surface area contributed by atoms with E-state index in [9.17, 15) is 13.2 Å². The highest BCUT2D eigenvalue weighted by Gasteiger charge is 2.30. The second-order valence-corrected chi connectivity index (χ2v) is 12.4. The molecule has 2 aliphatic heterocycles. The zero-order valence-electron chi connectivity index (χ0n) is 23.7. The number of rotatable bonds is 6. The molecule has 226 valence electrons. The van der Waals surface area contributed by atoms with Crippen LogP contribution in [0.5, 0.6) is 5.75 Å². The molecule has 1 amide bonds. The number of likely N-dealkylation sites (N-methyl/N-ethyl adjacent to an activating group) is 1. The molecule has 6 rings (SSSR count). The molecule has 10 nitrogen and oxygen atoms in total. The van der Waals surface area contributed by atoms with Crippen LogP contribution >= 0.6 is 0 Å². The van der Waals surface area contributed by atoms with Crippen molar-refractivity contribution in [3.8, 4) is 28.1 Å². The van der Waals surface area contributed by atoms with Crippen molar-refractivity contribution in [2.24, 2.45) is 0 Å². The standard InChI is InChI=1S/C31H33N5O5S.CH4/c1-34-10-12-35(13-11-34)31(37)25-5-3-4-24(18-25)30-26-19-22(6-8-27(26)32-21-33-30)23-7-9-28(40-2)29(20-23)42(38,39)36-14-16-41-17-15-36;/h3-9,18-21H,10-17H2,1-2H3;1H4. The van der Waals surface area contributed by atoms with Crippen molar-refractivity contribution in [1.82, 2.24) is 24.1 Å². The van der Waals surface area contributed by atoms with Gasteiger partial charge in [0.1, 0.15) is 17.0 Å². The molecule has 3 aromatic carbocycles. The topological polar surface area (TPSA) is 105 Å². The van der Waals surface area contributed by atoms with E-state index in [4.69, 9.17) is 9.47 Å². The first-order valence-electron chi connectivity index (χ1n) is 13.9. The molecule has 4 aromatic rings. The molecule has 1 aromatic heterocycles. The van der Waals surface area contributed by atoms with Crippen molar-refractivity contribution in [2.45, 2.75) is 12.3 Å². The van der Waals surface area contributed by atoms with Gasteiger partial charge in [0, 0.05) is 55.8 Å². The van der Waals surface area contributed by atoms with E-state index in [0.717, 1.165) is 40.7 Å². The van der Waals surface area contributed by atoms with Gasteiger partial charge in [-0.3, -0.25) is 4.79 Å². The van der Waals surface area contributed by atoms with Gasteiger partial charge in [0.15, 0.2) is 0 Å². The van der Waals surface area contributed by atoms with Crippen molar-refractivity contribution >= 4 is 26.8 Å². The fraction of sp³-hybridized carbons (Fsp3) is 0.344. The van der Waals surface area contributed by atoms with Gasteiger partial charge < -0.3 is 19.3 Å². The van der Waals surface area contributed by atoms with E-state index in [1.807, 2.05) is 53.4 Å². The Labute approximate surface area is 252 Å². The quantitative estimate of drug-likeness (QED) is 0.326. The lowest BCUT2D eigenvalue weighted by Gasteiger charge is -2.32. The first kappa shape index (κ1) is 30.6. The Hall–Kier alpha value is -3.90. The summed E-state index contributed by atoms with van der Waals surface area (Å²) in [6.45, 7) is 4.41. The number of amides is 1. The maximum atomic E-state index is 13.6. The minimum absolute atomic E-state index is 0. The van der Waals surface area contributed by atoms with E-state index in [1.54, 1.807) is 12.1 Å². The molecule has 0 unspecified atom stereocenters. The largest absolute Gasteiger partial charge is 0.495 e. The fourth-order valence-corrected chi connectivity index (χ4v) is 7.03. The molecule has 2 saturated heterocycles. The summed E-state index contributed by atoms with van der Waals surface area (Å²) >= 11 is 0. The highest BCUT2D eigenvalue weighted by molar-refractivity contribution is 7.89. The number of hydrogen-bond donors (Lipinski definition) is 0. The monoisotopic (exact) mass is 603 g/mol. The summed E-state index contributed by atoms with van der Waals surface area (Å²) in [4.78, 5) is 26.6. The first-order chi connectivity index (χ1) is 20.3. The number of aromatic nitrogens is 2. The van der Waals surface area contributed by atoms with Crippen LogP contribution in [0, 0.1) is 0 Å². The predicted octanol–water partition coefficient (Wildman–Crippen LogP) is 4.02. The van der Waals surface area contributed by atoms with Gasteiger partial charge in [-0.1, -0.05) is 31.7 Å². The van der Waals surface area contributed by atoms with Crippen LogP contribution in [0.3, 0.4) is 0 Å². The van der Waals surface area contributed by atoms with E-state index in [1.165, 1.54) is 17.7 Å². The molecule has 0 aliphatic carbocycles. The van der Waals surface area contributed by atoms with E-state index in [2.05, 4.69) is 21.9 Å². The fourth-order valence-electron chi connectivity index (χ4n) is 5.44. The zero-order chi connectivity index (χ0) is 29.3. The van der Waals surface area contributed by atoms with Crippen molar-refractivity contribution in [2.75, 3.05) is 66.6 Å². The molecule has 11 heteroatoms. The van der Waals surface area contributed by atoms with Crippen molar-refractivity contribution in [1.29, 1.82) is 0 Å². The molecule has 43 heavy (non-hydrogen) atoms. The van der Waals surface area contributed by atoms with E-state index in [0.29, 0.717) is 50.7 Å². The van der Waals surface area contributed by atoms with Gasteiger partial charge in [-0.2, -0.15) is 4.31 Å². The number of hydrogen-bond acceptors (Lipinski definition) is 8. The van der Waals surface area contributed by atoms with E-state index in [-0.39, 0.29) is 24.0 Å². The number of sulfonamides is 1. The third-order valence-electron chi connectivity index (χ3n) is 7.89. The third-order valence-corrected chi connectivity index (χ3v) is 9.81. The Morgan fingerprint density at radius 3 is 2.33 bits per heavy atom. The molecular weight excluding hydrogens is 566 g/mol. The van der Waals surface area contributed by atoms with Crippen LogP contribution in [0.1, 0.15) is 17.8 Å². The van der Waals surface area contributed by atoms with Gasteiger partial charge in [0.25, 0.3) is 5.91 Å². The van der Waals surface area contributed by atoms with Crippen LogP contribution in [-0.2, 0) is 14.8 Å². The summed E-state index contributed by atoms with van der Waals surface area (Å²) in [5, 5.41) is 0.799. The molecule has 0 spiro atoms. The van der Waals surface area contributed by atoms with Gasteiger partial charge in [-0.25, -0.2) is 18.4 Å². The lowest BCUT2D eigenvalue weighted by molar-refractivity contribution is 0.0664. The average Bonchev–Trinajstić information content (AvgIpc) is 3.04. The first-order valence-corrected chi connectivity index (χ1v) is 15.4. The van der Waals surface area contributed by atoms with Gasteiger partial charge in [-0.15, -0.1) is 0 Å².